The molecule has 2 N–H and O–H groups in total. The summed E-state index contributed by atoms with van der Waals surface area (Å²) in [6, 6.07) is 7.70. The van der Waals surface area contributed by atoms with Crippen molar-refractivity contribution >= 4 is 16.8 Å². The molecule has 1 aromatic carbocycles. The minimum absolute atomic E-state index is 0.120. The maximum Gasteiger partial charge on any atom is 0.255 e. The fraction of sp³-hybridized carbons (Fsp3) is 0.286. The first-order chi connectivity index (χ1) is 8.59. The number of aromatic nitrogens is 1. The first-order valence-electron chi connectivity index (χ1n) is 5.88. The maximum absolute atomic E-state index is 10.8. The molecule has 0 fully saturated rings. The monoisotopic (exact) mass is 244 g/mol. The normalized spacial score (nSPS) is 10.8. The molecule has 0 saturated heterocycles. The van der Waals surface area contributed by atoms with E-state index in [0.29, 0.717) is 11.7 Å². The van der Waals surface area contributed by atoms with Gasteiger partial charge in [-0.25, -0.2) is 0 Å². The SMILES string of the molecule is CC(C)c1cccc2c(OCC(N)=O)ccnc12. The van der Waals surface area contributed by atoms with Crippen LogP contribution >= 0.6 is 0 Å². The Kier molecular flexibility index (Phi) is 3.46. The molecule has 0 unspecified atom stereocenters. The van der Waals surface area contributed by atoms with E-state index >= 15 is 0 Å². The summed E-state index contributed by atoms with van der Waals surface area (Å²) < 4.78 is 5.40. The minimum Gasteiger partial charge on any atom is -0.483 e. The summed E-state index contributed by atoms with van der Waals surface area (Å²) in [7, 11) is 0. The lowest BCUT2D eigenvalue weighted by Gasteiger charge is -2.12. The van der Waals surface area contributed by atoms with Crippen LogP contribution in [0.3, 0.4) is 0 Å². The molecule has 0 radical (unpaired) electrons. The van der Waals surface area contributed by atoms with Crippen LogP contribution in [0.4, 0.5) is 0 Å². The van der Waals surface area contributed by atoms with Crippen LogP contribution in [0.25, 0.3) is 10.9 Å². The Bertz CT molecular complexity index is 579. The number of nitrogens with zero attached hydrogens (tertiary/aromatic N) is 1. The Morgan fingerprint density at radius 3 is 2.83 bits per heavy atom. The standard InChI is InChI=1S/C14H16N2O2/c1-9(2)10-4-3-5-11-12(18-8-13(15)17)6-7-16-14(10)11/h3-7,9H,8H2,1-2H3,(H2,15,17). The van der Waals surface area contributed by atoms with Gasteiger partial charge in [0.25, 0.3) is 5.91 Å². The molecular weight excluding hydrogens is 228 g/mol. The van der Waals surface area contributed by atoms with Gasteiger partial charge in [0, 0.05) is 11.6 Å². The second kappa shape index (κ2) is 5.04. The topological polar surface area (TPSA) is 65.2 Å². The zero-order valence-corrected chi connectivity index (χ0v) is 10.5. The van der Waals surface area contributed by atoms with Crippen LogP contribution in [-0.2, 0) is 4.79 Å². The number of fused-ring (bicyclic) bond motifs is 1. The van der Waals surface area contributed by atoms with E-state index in [-0.39, 0.29) is 6.61 Å². The van der Waals surface area contributed by atoms with E-state index in [0.717, 1.165) is 16.5 Å². The number of amides is 1. The summed E-state index contributed by atoms with van der Waals surface area (Å²) in [6.45, 7) is 4.12. The number of carbonyl (C=O) groups is 1. The molecule has 18 heavy (non-hydrogen) atoms. The number of ether oxygens (including phenoxy) is 1. The number of rotatable bonds is 4. The molecule has 1 aromatic heterocycles. The lowest BCUT2D eigenvalue weighted by molar-refractivity contribution is -0.119. The summed E-state index contributed by atoms with van der Waals surface area (Å²) in [5.41, 5.74) is 7.16. The van der Waals surface area contributed by atoms with Gasteiger partial charge in [-0.2, -0.15) is 0 Å². The van der Waals surface area contributed by atoms with Crippen LogP contribution in [-0.4, -0.2) is 17.5 Å². The van der Waals surface area contributed by atoms with Crippen molar-refractivity contribution in [2.75, 3.05) is 6.61 Å². The number of para-hydroxylation sites is 1. The highest BCUT2D eigenvalue weighted by Crippen LogP contribution is 2.29. The average molecular weight is 244 g/mol. The third-order valence-electron chi connectivity index (χ3n) is 2.75. The van der Waals surface area contributed by atoms with E-state index in [1.54, 1.807) is 12.3 Å². The van der Waals surface area contributed by atoms with Crippen molar-refractivity contribution in [3.8, 4) is 5.75 Å². The second-order valence-electron chi connectivity index (χ2n) is 4.46. The molecule has 94 valence electrons. The van der Waals surface area contributed by atoms with E-state index in [2.05, 4.69) is 24.9 Å². The summed E-state index contributed by atoms with van der Waals surface area (Å²) in [6.07, 6.45) is 1.69. The van der Waals surface area contributed by atoms with Crippen molar-refractivity contribution in [2.45, 2.75) is 19.8 Å². The van der Waals surface area contributed by atoms with Gasteiger partial charge in [0.15, 0.2) is 6.61 Å². The van der Waals surface area contributed by atoms with E-state index in [1.165, 1.54) is 0 Å². The molecule has 2 aromatic rings. The van der Waals surface area contributed by atoms with Gasteiger partial charge in [0.05, 0.1) is 5.52 Å². The third-order valence-corrected chi connectivity index (χ3v) is 2.75. The molecule has 4 heteroatoms. The number of pyridine rings is 1. The van der Waals surface area contributed by atoms with Gasteiger partial charge < -0.3 is 10.5 Å². The predicted molar refractivity (Wildman–Crippen MR) is 70.5 cm³/mol. The van der Waals surface area contributed by atoms with Crippen molar-refractivity contribution in [2.24, 2.45) is 5.73 Å². The number of primary amides is 1. The zero-order valence-electron chi connectivity index (χ0n) is 10.5. The number of nitrogens with two attached hydrogens (primary N) is 1. The Hall–Kier alpha value is -2.10. The van der Waals surface area contributed by atoms with Gasteiger partial charge in [0.2, 0.25) is 0 Å². The largest absolute Gasteiger partial charge is 0.483 e. The van der Waals surface area contributed by atoms with E-state index in [1.807, 2.05) is 12.1 Å². The molecule has 1 amide bonds. The molecular formula is C14H16N2O2. The highest BCUT2D eigenvalue weighted by Gasteiger charge is 2.10. The maximum atomic E-state index is 10.8. The summed E-state index contributed by atoms with van der Waals surface area (Å²) in [5.74, 6) is 0.536. The van der Waals surface area contributed by atoms with Crippen LogP contribution in [0.2, 0.25) is 0 Å². The number of carbonyl (C=O) groups excluding carboxylic acids is 1. The molecule has 0 atom stereocenters. The lowest BCUT2D eigenvalue weighted by Crippen LogP contribution is -2.20. The van der Waals surface area contributed by atoms with Gasteiger partial charge in [-0.15, -0.1) is 0 Å². The molecule has 2 rings (SSSR count). The predicted octanol–water partition coefficient (Wildman–Crippen LogP) is 2.22. The van der Waals surface area contributed by atoms with Crippen LogP contribution in [0.15, 0.2) is 30.5 Å². The Morgan fingerprint density at radius 1 is 1.39 bits per heavy atom. The van der Waals surface area contributed by atoms with Gasteiger partial charge in [-0.1, -0.05) is 26.0 Å². The first kappa shape index (κ1) is 12.4. The van der Waals surface area contributed by atoms with Crippen LogP contribution in [0, 0.1) is 0 Å². The van der Waals surface area contributed by atoms with E-state index in [9.17, 15) is 4.79 Å². The molecule has 0 saturated carbocycles. The smallest absolute Gasteiger partial charge is 0.255 e. The summed E-state index contributed by atoms with van der Waals surface area (Å²) >= 11 is 0. The molecule has 0 bridgehead atoms. The van der Waals surface area contributed by atoms with E-state index < -0.39 is 5.91 Å². The first-order valence-corrected chi connectivity index (χ1v) is 5.88. The number of hydrogen-bond acceptors (Lipinski definition) is 3. The van der Waals surface area contributed by atoms with Crippen molar-refractivity contribution < 1.29 is 9.53 Å². The summed E-state index contributed by atoms with van der Waals surface area (Å²) in [5, 5.41) is 0.907. The highest BCUT2D eigenvalue weighted by atomic mass is 16.5. The van der Waals surface area contributed by atoms with Crippen LogP contribution < -0.4 is 10.5 Å². The number of hydrogen-bond donors (Lipinski definition) is 1. The molecule has 1 heterocycles. The van der Waals surface area contributed by atoms with Crippen molar-refractivity contribution in [1.29, 1.82) is 0 Å². The molecule has 0 aliphatic heterocycles. The Balaban J connectivity index is 2.49. The average Bonchev–Trinajstić information content (AvgIpc) is 2.35. The Morgan fingerprint density at radius 2 is 2.17 bits per heavy atom. The fourth-order valence-corrected chi connectivity index (χ4v) is 1.91. The van der Waals surface area contributed by atoms with E-state index in [4.69, 9.17) is 10.5 Å². The lowest BCUT2D eigenvalue weighted by atomic mass is 9.99. The quantitative estimate of drug-likeness (QED) is 0.896. The minimum atomic E-state index is -0.486. The highest BCUT2D eigenvalue weighted by molar-refractivity contribution is 5.88. The Labute approximate surface area is 106 Å². The molecule has 4 nitrogen and oxygen atoms in total. The fourth-order valence-electron chi connectivity index (χ4n) is 1.91. The molecule has 0 spiro atoms. The third kappa shape index (κ3) is 2.42. The van der Waals surface area contributed by atoms with Crippen LogP contribution in [0.5, 0.6) is 5.75 Å². The van der Waals surface area contributed by atoms with Gasteiger partial charge in [-0.05, 0) is 23.6 Å². The molecule has 0 aliphatic carbocycles. The van der Waals surface area contributed by atoms with Crippen molar-refractivity contribution in [3.05, 3.63) is 36.0 Å². The summed E-state index contributed by atoms with van der Waals surface area (Å²) in [4.78, 5) is 15.2. The van der Waals surface area contributed by atoms with Gasteiger partial charge in [-0.3, -0.25) is 9.78 Å². The van der Waals surface area contributed by atoms with Crippen LogP contribution in [0.1, 0.15) is 25.3 Å². The zero-order chi connectivity index (χ0) is 13.1. The molecule has 0 aliphatic rings. The van der Waals surface area contributed by atoms with Crippen molar-refractivity contribution in [3.63, 3.8) is 0 Å². The van der Waals surface area contributed by atoms with Gasteiger partial charge in [0.1, 0.15) is 5.75 Å². The number of benzene rings is 1. The second-order valence-corrected chi connectivity index (χ2v) is 4.46. The van der Waals surface area contributed by atoms with Gasteiger partial charge >= 0.3 is 0 Å². The van der Waals surface area contributed by atoms with Crippen molar-refractivity contribution in [1.82, 2.24) is 4.98 Å².